The third kappa shape index (κ3) is 4.18. The van der Waals surface area contributed by atoms with Gasteiger partial charge < -0.3 is 10.1 Å². The zero-order valence-electron chi connectivity index (χ0n) is 10.0. The van der Waals surface area contributed by atoms with Gasteiger partial charge in [-0.05, 0) is 6.07 Å². The number of nitrogens with two attached hydrogens (primary N) is 1. The van der Waals surface area contributed by atoms with Crippen molar-refractivity contribution in [2.75, 3.05) is 13.2 Å². The number of benzene rings is 1. The second-order valence-electron chi connectivity index (χ2n) is 3.53. The van der Waals surface area contributed by atoms with Crippen molar-refractivity contribution in [3.63, 3.8) is 0 Å². The van der Waals surface area contributed by atoms with E-state index in [1.807, 2.05) is 0 Å². The van der Waals surface area contributed by atoms with E-state index < -0.39 is 44.8 Å². The summed E-state index contributed by atoms with van der Waals surface area (Å²) in [5.74, 6) is -1.84. The van der Waals surface area contributed by atoms with Crippen LogP contribution in [0.4, 0.5) is 8.78 Å². The molecule has 9 heteroatoms. The number of primary sulfonamides is 1. The summed E-state index contributed by atoms with van der Waals surface area (Å²) >= 11 is 0. The number of hydrogen-bond acceptors (Lipinski definition) is 4. The van der Waals surface area contributed by atoms with Crippen molar-refractivity contribution in [1.29, 1.82) is 0 Å². The smallest absolute Gasteiger partial charge is 0.258 e. The van der Waals surface area contributed by atoms with Crippen LogP contribution in [0.5, 0.6) is 5.75 Å². The lowest BCUT2D eigenvalue weighted by atomic mass is 10.3. The molecule has 0 bridgehead atoms. The van der Waals surface area contributed by atoms with Gasteiger partial charge in [-0.1, -0.05) is 5.92 Å². The molecule has 1 amide bonds. The highest BCUT2D eigenvalue weighted by Crippen LogP contribution is 2.27. The maximum Gasteiger partial charge on any atom is 0.258 e. The monoisotopic (exact) mass is 304 g/mol. The summed E-state index contributed by atoms with van der Waals surface area (Å²) in [5, 5.41) is 7.03. The van der Waals surface area contributed by atoms with Crippen LogP contribution in [0, 0.1) is 24.0 Å². The Morgan fingerprint density at radius 1 is 1.45 bits per heavy atom. The lowest BCUT2D eigenvalue weighted by Crippen LogP contribution is -2.29. The van der Waals surface area contributed by atoms with Crippen molar-refractivity contribution in [3.8, 4) is 18.1 Å². The second-order valence-corrected chi connectivity index (χ2v) is 5.06. The molecule has 20 heavy (non-hydrogen) atoms. The zero-order valence-corrected chi connectivity index (χ0v) is 10.8. The average Bonchev–Trinajstić information content (AvgIpc) is 2.33. The number of amides is 1. The Morgan fingerprint density at radius 2 is 2.10 bits per heavy atom. The number of terminal acetylenes is 1. The van der Waals surface area contributed by atoms with Gasteiger partial charge in [0.15, 0.2) is 18.2 Å². The van der Waals surface area contributed by atoms with E-state index in [2.05, 4.69) is 11.2 Å². The van der Waals surface area contributed by atoms with Crippen LogP contribution < -0.4 is 15.2 Å². The summed E-state index contributed by atoms with van der Waals surface area (Å²) in [4.78, 5) is 10.3. The molecule has 0 unspecified atom stereocenters. The largest absolute Gasteiger partial charge is 0.479 e. The third-order valence-electron chi connectivity index (χ3n) is 2.02. The van der Waals surface area contributed by atoms with E-state index in [1.165, 1.54) is 0 Å². The molecule has 0 spiro atoms. The van der Waals surface area contributed by atoms with Gasteiger partial charge in [0, 0.05) is 6.07 Å². The Balaban J connectivity index is 3.01. The summed E-state index contributed by atoms with van der Waals surface area (Å²) in [7, 11) is -4.41. The highest BCUT2D eigenvalue weighted by Gasteiger charge is 2.22. The molecule has 1 rings (SSSR count). The van der Waals surface area contributed by atoms with Crippen LogP contribution in [0.15, 0.2) is 17.0 Å². The highest BCUT2D eigenvalue weighted by atomic mass is 32.2. The summed E-state index contributed by atoms with van der Waals surface area (Å²) < 4.78 is 53.6. The zero-order chi connectivity index (χ0) is 15.3. The van der Waals surface area contributed by atoms with Gasteiger partial charge in [0.05, 0.1) is 6.54 Å². The summed E-state index contributed by atoms with van der Waals surface area (Å²) in [6, 6.07) is 0.899. The van der Waals surface area contributed by atoms with Crippen LogP contribution in [0.2, 0.25) is 0 Å². The SMILES string of the molecule is C#CCNC(=O)COc1c(F)cc(F)cc1S(N)(=O)=O. The Bertz CT molecular complexity index is 668. The van der Waals surface area contributed by atoms with Gasteiger partial charge in [-0.2, -0.15) is 0 Å². The van der Waals surface area contributed by atoms with Gasteiger partial charge in [0.2, 0.25) is 10.0 Å². The van der Waals surface area contributed by atoms with Crippen LogP contribution in [0.25, 0.3) is 0 Å². The van der Waals surface area contributed by atoms with Crippen LogP contribution in [-0.4, -0.2) is 27.5 Å². The normalized spacial score (nSPS) is 10.7. The standard InChI is InChI=1S/C11H10F2N2O4S/c1-2-3-15-10(16)6-19-11-8(13)4-7(12)5-9(11)20(14,17)18/h1,4-5H,3,6H2,(H,15,16)(H2,14,17,18). The molecule has 1 aromatic rings. The van der Waals surface area contributed by atoms with Crippen molar-refractivity contribution in [3.05, 3.63) is 23.8 Å². The van der Waals surface area contributed by atoms with E-state index in [9.17, 15) is 22.0 Å². The predicted molar refractivity (Wildman–Crippen MR) is 65.1 cm³/mol. The van der Waals surface area contributed by atoms with E-state index in [0.29, 0.717) is 12.1 Å². The Hall–Kier alpha value is -2.18. The minimum atomic E-state index is -4.41. The fraction of sp³-hybridized carbons (Fsp3) is 0.182. The Morgan fingerprint density at radius 3 is 2.65 bits per heavy atom. The molecule has 0 aliphatic heterocycles. The van der Waals surface area contributed by atoms with Crippen molar-refractivity contribution < 1.29 is 26.7 Å². The van der Waals surface area contributed by atoms with Crippen LogP contribution in [-0.2, 0) is 14.8 Å². The highest BCUT2D eigenvalue weighted by molar-refractivity contribution is 7.89. The van der Waals surface area contributed by atoms with E-state index >= 15 is 0 Å². The van der Waals surface area contributed by atoms with E-state index in [-0.39, 0.29) is 6.54 Å². The molecule has 0 radical (unpaired) electrons. The fourth-order valence-electron chi connectivity index (χ4n) is 1.23. The molecular formula is C11H10F2N2O4S. The molecule has 0 atom stereocenters. The quantitative estimate of drug-likeness (QED) is 0.732. The van der Waals surface area contributed by atoms with Crippen molar-refractivity contribution in [2.45, 2.75) is 4.90 Å². The first-order valence-corrected chi connectivity index (χ1v) is 6.65. The molecule has 0 saturated heterocycles. The number of halogens is 2. The topological polar surface area (TPSA) is 98.5 Å². The summed E-state index contributed by atoms with van der Waals surface area (Å²) in [6.45, 7) is -0.775. The lowest BCUT2D eigenvalue weighted by Gasteiger charge is -2.11. The fourth-order valence-corrected chi connectivity index (χ4v) is 1.92. The molecule has 0 aliphatic rings. The van der Waals surface area contributed by atoms with E-state index in [0.717, 1.165) is 0 Å². The van der Waals surface area contributed by atoms with Gasteiger partial charge in [-0.3, -0.25) is 4.79 Å². The number of rotatable bonds is 5. The van der Waals surface area contributed by atoms with Crippen LogP contribution in [0.3, 0.4) is 0 Å². The first-order valence-electron chi connectivity index (χ1n) is 5.10. The molecular weight excluding hydrogens is 294 g/mol. The molecule has 3 N–H and O–H groups in total. The minimum Gasteiger partial charge on any atom is -0.479 e. The predicted octanol–water partition coefficient (Wildman–Crippen LogP) is -0.260. The van der Waals surface area contributed by atoms with Crippen molar-refractivity contribution in [2.24, 2.45) is 5.14 Å². The van der Waals surface area contributed by atoms with Gasteiger partial charge in [-0.25, -0.2) is 22.3 Å². The van der Waals surface area contributed by atoms with Gasteiger partial charge in [-0.15, -0.1) is 6.42 Å². The van der Waals surface area contributed by atoms with Crippen LogP contribution in [0.1, 0.15) is 0 Å². The van der Waals surface area contributed by atoms with E-state index in [1.54, 1.807) is 0 Å². The number of nitrogens with one attached hydrogen (secondary N) is 1. The number of ether oxygens (including phenoxy) is 1. The molecule has 1 aromatic carbocycles. The Kier molecular flexibility index (Phi) is 5.01. The lowest BCUT2D eigenvalue weighted by molar-refractivity contribution is -0.122. The average molecular weight is 304 g/mol. The Labute approximate surface area is 114 Å². The molecule has 0 aromatic heterocycles. The van der Waals surface area contributed by atoms with Gasteiger partial charge in [0.25, 0.3) is 5.91 Å². The number of carbonyl (C=O) groups is 1. The molecule has 0 fully saturated rings. The maximum absolute atomic E-state index is 13.5. The number of carbonyl (C=O) groups excluding carboxylic acids is 1. The van der Waals surface area contributed by atoms with E-state index in [4.69, 9.17) is 16.3 Å². The molecule has 0 heterocycles. The molecule has 6 nitrogen and oxygen atoms in total. The molecule has 108 valence electrons. The third-order valence-corrected chi connectivity index (χ3v) is 2.93. The van der Waals surface area contributed by atoms with Crippen molar-refractivity contribution in [1.82, 2.24) is 5.32 Å². The summed E-state index contributed by atoms with van der Waals surface area (Å²) in [5.41, 5.74) is 0. The maximum atomic E-state index is 13.5. The first kappa shape index (κ1) is 15.9. The first-order chi connectivity index (χ1) is 9.25. The van der Waals surface area contributed by atoms with Gasteiger partial charge in [0.1, 0.15) is 10.7 Å². The number of hydrogen-bond donors (Lipinski definition) is 2. The second kappa shape index (κ2) is 6.31. The number of sulfonamides is 1. The molecule has 0 saturated carbocycles. The summed E-state index contributed by atoms with van der Waals surface area (Å²) in [6.07, 6.45) is 4.90. The molecule has 0 aliphatic carbocycles. The van der Waals surface area contributed by atoms with Gasteiger partial charge >= 0.3 is 0 Å². The minimum absolute atomic E-state index is 0.0733. The van der Waals surface area contributed by atoms with Crippen molar-refractivity contribution >= 4 is 15.9 Å². The van der Waals surface area contributed by atoms with Crippen LogP contribution >= 0.6 is 0 Å².